The lowest BCUT2D eigenvalue weighted by Gasteiger charge is -2.32. The summed E-state index contributed by atoms with van der Waals surface area (Å²) in [5.41, 5.74) is 2.56. The van der Waals surface area contributed by atoms with Crippen molar-refractivity contribution in [3.8, 4) is 0 Å². The number of para-hydroxylation sites is 1. The topological polar surface area (TPSA) is 84.6 Å². The molecular formula is C21H32N6O. The predicted octanol–water partition coefficient (Wildman–Crippen LogP) is 1.48. The first-order valence-electron chi connectivity index (χ1n) is 10.1. The molecule has 0 radical (unpaired) electrons. The molecule has 2 aromatic rings. The first kappa shape index (κ1) is 20.2. The number of aromatic nitrogens is 1. The zero-order valence-corrected chi connectivity index (χ0v) is 16.9. The molecule has 1 aromatic carbocycles. The lowest BCUT2D eigenvalue weighted by Crippen LogP contribution is -2.50. The number of aliphatic imine (C=N–C) groups is 1. The highest BCUT2D eigenvalue weighted by atomic mass is 16.1. The van der Waals surface area contributed by atoms with Crippen LogP contribution in [0.5, 0.6) is 0 Å². The largest absolute Gasteiger partial charge is 0.361 e. The van der Waals surface area contributed by atoms with Gasteiger partial charge in [-0.15, -0.1) is 0 Å². The number of rotatable bonds is 7. The number of carbonyl (C=O) groups is 1. The van der Waals surface area contributed by atoms with Gasteiger partial charge in [-0.3, -0.25) is 14.7 Å². The number of aromatic amines is 1. The van der Waals surface area contributed by atoms with Crippen molar-refractivity contribution >= 4 is 22.8 Å². The van der Waals surface area contributed by atoms with Crippen molar-refractivity contribution in [3.63, 3.8) is 0 Å². The number of piperidine rings is 1. The molecule has 3 rings (SSSR count). The molecular weight excluding hydrogens is 352 g/mol. The Kier molecular flexibility index (Phi) is 7.31. The van der Waals surface area contributed by atoms with Crippen molar-refractivity contribution < 1.29 is 4.79 Å². The van der Waals surface area contributed by atoms with E-state index in [1.807, 2.05) is 7.05 Å². The fraction of sp³-hybridized carbons (Fsp3) is 0.524. The summed E-state index contributed by atoms with van der Waals surface area (Å²) in [6.45, 7) is 3.24. The van der Waals surface area contributed by atoms with E-state index in [1.165, 1.54) is 16.5 Å². The Morgan fingerprint density at radius 3 is 2.82 bits per heavy atom. The SMILES string of the molecule is CN=C(NCCCc1c[nH]c2ccccc12)NC1CCN(CC(=O)NC)CC1. The van der Waals surface area contributed by atoms with Crippen molar-refractivity contribution in [2.75, 3.05) is 40.3 Å². The Labute approximate surface area is 167 Å². The van der Waals surface area contributed by atoms with Gasteiger partial charge in [0.1, 0.15) is 0 Å². The maximum atomic E-state index is 11.5. The predicted molar refractivity (Wildman–Crippen MR) is 115 cm³/mol. The second-order valence-corrected chi connectivity index (χ2v) is 7.33. The zero-order valence-electron chi connectivity index (χ0n) is 16.9. The van der Waals surface area contributed by atoms with Crippen LogP contribution in [0.25, 0.3) is 10.9 Å². The van der Waals surface area contributed by atoms with Gasteiger partial charge in [-0.1, -0.05) is 18.2 Å². The van der Waals surface area contributed by atoms with Gasteiger partial charge in [0.15, 0.2) is 5.96 Å². The second kappa shape index (κ2) is 10.1. The quantitative estimate of drug-likeness (QED) is 0.331. The number of benzene rings is 1. The molecule has 1 aliphatic rings. The molecule has 0 atom stereocenters. The van der Waals surface area contributed by atoms with E-state index in [9.17, 15) is 4.79 Å². The first-order valence-corrected chi connectivity index (χ1v) is 10.1. The third kappa shape index (κ3) is 5.48. The summed E-state index contributed by atoms with van der Waals surface area (Å²) in [6.07, 6.45) is 6.24. The monoisotopic (exact) mass is 384 g/mol. The Morgan fingerprint density at radius 2 is 2.07 bits per heavy atom. The number of hydrogen-bond acceptors (Lipinski definition) is 3. The van der Waals surface area contributed by atoms with E-state index in [0.29, 0.717) is 12.6 Å². The smallest absolute Gasteiger partial charge is 0.233 e. The van der Waals surface area contributed by atoms with Crippen molar-refractivity contribution in [1.82, 2.24) is 25.8 Å². The number of amides is 1. The number of nitrogens with zero attached hydrogens (tertiary/aromatic N) is 2. The molecule has 7 nitrogen and oxygen atoms in total. The average Bonchev–Trinajstić information content (AvgIpc) is 3.14. The molecule has 1 saturated heterocycles. The number of guanidine groups is 1. The van der Waals surface area contributed by atoms with E-state index in [4.69, 9.17) is 0 Å². The van der Waals surface area contributed by atoms with Crippen LogP contribution < -0.4 is 16.0 Å². The van der Waals surface area contributed by atoms with Gasteiger partial charge in [0.25, 0.3) is 0 Å². The van der Waals surface area contributed by atoms with Crippen LogP contribution in [-0.4, -0.2) is 68.1 Å². The summed E-state index contributed by atoms with van der Waals surface area (Å²) in [5, 5.41) is 11.0. The summed E-state index contributed by atoms with van der Waals surface area (Å²) in [5.74, 6) is 0.947. The molecule has 0 unspecified atom stereocenters. The van der Waals surface area contributed by atoms with Crippen LogP contribution in [0.15, 0.2) is 35.5 Å². The van der Waals surface area contributed by atoms with Crippen molar-refractivity contribution in [3.05, 3.63) is 36.0 Å². The van der Waals surface area contributed by atoms with Crippen LogP contribution in [0.3, 0.4) is 0 Å². The van der Waals surface area contributed by atoms with E-state index in [1.54, 1.807) is 7.05 Å². The Balaban J connectivity index is 1.37. The maximum Gasteiger partial charge on any atom is 0.233 e. The van der Waals surface area contributed by atoms with E-state index < -0.39 is 0 Å². The minimum atomic E-state index is 0.0825. The highest BCUT2D eigenvalue weighted by Gasteiger charge is 2.21. The number of carbonyl (C=O) groups excluding carboxylic acids is 1. The minimum Gasteiger partial charge on any atom is -0.361 e. The lowest BCUT2D eigenvalue weighted by atomic mass is 10.1. The summed E-state index contributed by atoms with van der Waals surface area (Å²) in [6, 6.07) is 8.83. The number of nitrogens with one attached hydrogen (secondary N) is 4. The first-order chi connectivity index (χ1) is 13.7. The van der Waals surface area contributed by atoms with Crippen LogP contribution >= 0.6 is 0 Å². The Bertz CT molecular complexity index is 791. The summed E-state index contributed by atoms with van der Waals surface area (Å²) < 4.78 is 0. The molecule has 1 fully saturated rings. The van der Waals surface area contributed by atoms with Gasteiger partial charge in [-0.25, -0.2) is 0 Å². The van der Waals surface area contributed by atoms with Gasteiger partial charge in [0.2, 0.25) is 5.91 Å². The van der Waals surface area contributed by atoms with Crippen LogP contribution in [0.2, 0.25) is 0 Å². The number of fused-ring (bicyclic) bond motifs is 1. The summed E-state index contributed by atoms with van der Waals surface area (Å²) >= 11 is 0. The van der Waals surface area contributed by atoms with Gasteiger partial charge in [0, 0.05) is 56.9 Å². The van der Waals surface area contributed by atoms with Gasteiger partial charge in [0.05, 0.1) is 6.54 Å². The molecule has 4 N–H and O–H groups in total. The standard InChI is InChI=1S/C21H32N6O/c1-22-20(28)15-27-12-9-17(10-13-27)26-21(23-2)24-11-5-6-16-14-25-19-8-4-3-7-18(16)19/h3-4,7-8,14,17,25H,5-6,9-13,15H2,1-2H3,(H,22,28)(H2,23,24,26). The number of likely N-dealkylation sites (tertiary alicyclic amines) is 1. The molecule has 0 aliphatic carbocycles. The summed E-state index contributed by atoms with van der Waals surface area (Å²) in [7, 11) is 3.50. The summed E-state index contributed by atoms with van der Waals surface area (Å²) in [4.78, 5) is 21.4. The third-order valence-corrected chi connectivity index (χ3v) is 5.39. The highest BCUT2D eigenvalue weighted by molar-refractivity contribution is 5.83. The molecule has 0 saturated carbocycles. The number of likely N-dealkylation sites (N-methyl/N-ethyl adjacent to an activating group) is 1. The van der Waals surface area contributed by atoms with E-state index in [0.717, 1.165) is 51.3 Å². The van der Waals surface area contributed by atoms with Crippen LogP contribution in [0.1, 0.15) is 24.8 Å². The van der Waals surface area contributed by atoms with Crippen LogP contribution in [0.4, 0.5) is 0 Å². The lowest BCUT2D eigenvalue weighted by molar-refractivity contribution is -0.122. The molecule has 0 spiro atoms. The fourth-order valence-electron chi connectivity index (χ4n) is 3.73. The molecule has 1 amide bonds. The molecule has 1 aliphatic heterocycles. The van der Waals surface area contributed by atoms with E-state index in [2.05, 4.69) is 61.3 Å². The number of H-pyrrole nitrogens is 1. The van der Waals surface area contributed by atoms with E-state index in [-0.39, 0.29) is 5.91 Å². The third-order valence-electron chi connectivity index (χ3n) is 5.39. The maximum absolute atomic E-state index is 11.5. The second-order valence-electron chi connectivity index (χ2n) is 7.33. The van der Waals surface area contributed by atoms with Crippen molar-refractivity contribution in [2.45, 2.75) is 31.7 Å². The Hall–Kier alpha value is -2.54. The molecule has 28 heavy (non-hydrogen) atoms. The number of hydrogen-bond donors (Lipinski definition) is 4. The molecule has 7 heteroatoms. The highest BCUT2D eigenvalue weighted by Crippen LogP contribution is 2.18. The van der Waals surface area contributed by atoms with Crippen molar-refractivity contribution in [1.29, 1.82) is 0 Å². The van der Waals surface area contributed by atoms with Crippen LogP contribution in [0, 0.1) is 0 Å². The molecule has 0 bridgehead atoms. The molecule has 2 heterocycles. The van der Waals surface area contributed by atoms with Gasteiger partial charge in [-0.2, -0.15) is 0 Å². The van der Waals surface area contributed by atoms with Gasteiger partial charge < -0.3 is 20.9 Å². The van der Waals surface area contributed by atoms with E-state index >= 15 is 0 Å². The van der Waals surface area contributed by atoms with Gasteiger partial charge >= 0.3 is 0 Å². The molecule has 152 valence electrons. The molecule has 1 aromatic heterocycles. The van der Waals surface area contributed by atoms with Crippen molar-refractivity contribution in [2.24, 2.45) is 4.99 Å². The average molecular weight is 385 g/mol. The van der Waals surface area contributed by atoms with Crippen LogP contribution in [-0.2, 0) is 11.2 Å². The minimum absolute atomic E-state index is 0.0825. The fourth-order valence-corrected chi connectivity index (χ4v) is 3.73. The number of aryl methyl sites for hydroxylation is 1. The zero-order chi connectivity index (χ0) is 19.8. The normalized spacial score (nSPS) is 16.3. The van der Waals surface area contributed by atoms with Gasteiger partial charge in [-0.05, 0) is 37.3 Å². The Morgan fingerprint density at radius 1 is 1.29 bits per heavy atom.